The van der Waals surface area contributed by atoms with Crippen molar-refractivity contribution in [2.75, 3.05) is 36.6 Å². The third-order valence-corrected chi connectivity index (χ3v) is 3.54. The fourth-order valence-corrected chi connectivity index (χ4v) is 2.15. The molecule has 0 fully saturated rings. The lowest BCUT2D eigenvalue weighted by Crippen LogP contribution is -2.10. The maximum absolute atomic E-state index is 6.14. The molecule has 0 atom stereocenters. The molecule has 1 heterocycles. The lowest BCUT2D eigenvalue weighted by molar-refractivity contribution is 0.198. The van der Waals surface area contributed by atoms with E-state index in [1.165, 1.54) is 11.9 Å². The zero-order valence-corrected chi connectivity index (χ0v) is 14.0. The Morgan fingerprint density at radius 3 is 2.48 bits per heavy atom. The number of benzene rings is 1. The molecule has 6 nitrogen and oxygen atoms in total. The highest BCUT2D eigenvalue weighted by atomic mass is 16.5. The topological polar surface area (TPSA) is 85.1 Å². The number of rotatable bonds is 8. The molecule has 0 amide bonds. The van der Waals surface area contributed by atoms with Gasteiger partial charge in [0.05, 0.1) is 0 Å². The fourth-order valence-electron chi connectivity index (χ4n) is 2.15. The molecule has 4 N–H and O–H groups in total. The molecule has 6 heteroatoms. The molecule has 1 aromatic heterocycles. The van der Waals surface area contributed by atoms with E-state index < -0.39 is 0 Å². The van der Waals surface area contributed by atoms with Gasteiger partial charge in [0, 0.05) is 25.9 Å². The molecule has 0 aliphatic rings. The van der Waals surface area contributed by atoms with Crippen molar-refractivity contribution in [2.45, 2.75) is 26.2 Å². The number of hydrogen-bond acceptors (Lipinski definition) is 6. The Kier molecular flexibility index (Phi) is 6.17. The van der Waals surface area contributed by atoms with Gasteiger partial charge < -0.3 is 21.1 Å². The van der Waals surface area contributed by atoms with Crippen molar-refractivity contribution < 1.29 is 4.74 Å². The standard InChI is InChI=1S/C17H25N5O/c1-12(2)13-5-7-14(8-6-13)22-17-15(18)16(20-11-21-17)19-9-4-10-23-3/h5-8,11-12H,4,9-10,18H2,1-3H3,(H2,19,20,21,22). The molecule has 0 unspecified atom stereocenters. The molecule has 0 saturated carbocycles. The lowest BCUT2D eigenvalue weighted by atomic mass is 10.0. The van der Waals surface area contributed by atoms with Crippen LogP contribution in [0.1, 0.15) is 31.7 Å². The van der Waals surface area contributed by atoms with Gasteiger partial charge in [0.25, 0.3) is 0 Å². The van der Waals surface area contributed by atoms with Gasteiger partial charge >= 0.3 is 0 Å². The maximum atomic E-state index is 6.14. The molecule has 0 bridgehead atoms. The molecule has 0 radical (unpaired) electrons. The Hall–Kier alpha value is -2.34. The third-order valence-electron chi connectivity index (χ3n) is 3.54. The zero-order chi connectivity index (χ0) is 16.7. The predicted octanol–water partition coefficient (Wildman–Crippen LogP) is 3.37. The first-order valence-corrected chi connectivity index (χ1v) is 7.82. The number of ether oxygens (including phenoxy) is 1. The quantitative estimate of drug-likeness (QED) is 0.648. The number of nitrogens with zero attached hydrogens (tertiary/aromatic N) is 2. The minimum Gasteiger partial charge on any atom is -0.393 e. The van der Waals surface area contributed by atoms with Gasteiger partial charge in [-0.05, 0) is 30.0 Å². The summed E-state index contributed by atoms with van der Waals surface area (Å²) in [5, 5.41) is 6.44. The molecule has 124 valence electrons. The summed E-state index contributed by atoms with van der Waals surface area (Å²) in [5.74, 6) is 1.75. The average molecular weight is 315 g/mol. The van der Waals surface area contributed by atoms with Gasteiger partial charge in [-0.25, -0.2) is 9.97 Å². The second-order valence-corrected chi connectivity index (χ2v) is 5.66. The van der Waals surface area contributed by atoms with Crippen molar-refractivity contribution in [1.82, 2.24) is 9.97 Å². The van der Waals surface area contributed by atoms with Crippen LogP contribution in [0.2, 0.25) is 0 Å². The van der Waals surface area contributed by atoms with E-state index in [0.717, 1.165) is 18.7 Å². The normalized spacial score (nSPS) is 10.8. The van der Waals surface area contributed by atoms with E-state index >= 15 is 0 Å². The van der Waals surface area contributed by atoms with Gasteiger partial charge in [0.1, 0.15) is 12.0 Å². The Balaban J connectivity index is 2.04. The third kappa shape index (κ3) is 4.82. The molecule has 0 aliphatic heterocycles. The highest BCUT2D eigenvalue weighted by molar-refractivity contribution is 5.77. The van der Waals surface area contributed by atoms with E-state index in [1.807, 2.05) is 12.1 Å². The Bertz CT molecular complexity index is 613. The van der Waals surface area contributed by atoms with Gasteiger partial charge in [0.15, 0.2) is 11.6 Å². The summed E-state index contributed by atoms with van der Waals surface area (Å²) < 4.78 is 5.02. The summed E-state index contributed by atoms with van der Waals surface area (Å²) in [7, 11) is 1.69. The molecule has 23 heavy (non-hydrogen) atoms. The van der Waals surface area contributed by atoms with E-state index in [-0.39, 0.29) is 0 Å². The summed E-state index contributed by atoms with van der Waals surface area (Å²) in [6.45, 7) is 5.79. The van der Waals surface area contributed by atoms with Crippen molar-refractivity contribution >= 4 is 23.0 Å². The summed E-state index contributed by atoms with van der Waals surface area (Å²) in [6, 6.07) is 8.27. The SMILES string of the molecule is COCCCNc1ncnc(Nc2ccc(C(C)C)cc2)c1N. The van der Waals surface area contributed by atoms with Crippen LogP contribution in [-0.4, -0.2) is 30.2 Å². The van der Waals surface area contributed by atoms with Crippen LogP contribution in [0.3, 0.4) is 0 Å². The van der Waals surface area contributed by atoms with Gasteiger partial charge in [-0.3, -0.25) is 0 Å². The van der Waals surface area contributed by atoms with E-state index in [1.54, 1.807) is 7.11 Å². The van der Waals surface area contributed by atoms with E-state index in [9.17, 15) is 0 Å². The number of nitrogen functional groups attached to an aromatic ring is 1. The van der Waals surface area contributed by atoms with Gasteiger partial charge in [-0.1, -0.05) is 26.0 Å². The summed E-state index contributed by atoms with van der Waals surface area (Å²) in [6.07, 6.45) is 2.39. The maximum Gasteiger partial charge on any atom is 0.159 e. The summed E-state index contributed by atoms with van der Waals surface area (Å²) in [4.78, 5) is 8.41. The molecule has 0 aliphatic carbocycles. The molecule has 2 aromatic rings. The monoisotopic (exact) mass is 315 g/mol. The van der Waals surface area contributed by atoms with Gasteiger partial charge in [0.2, 0.25) is 0 Å². The Morgan fingerprint density at radius 1 is 1.13 bits per heavy atom. The van der Waals surface area contributed by atoms with Gasteiger partial charge in [-0.2, -0.15) is 0 Å². The summed E-state index contributed by atoms with van der Waals surface area (Å²) in [5.41, 5.74) is 8.90. The second-order valence-electron chi connectivity index (χ2n) is 5.66. The fraction of sp³-hybridized carbons (Fsp3) is 0.412. The Morgan fingerprint density at radius 2 is 1.83 bits per heavy atom. The average Bonchev–Trinajstić information content (AvgIpc) is 2.55. The second kappa shape index (κ2) is 8.33. The number of nitrogens with one attached hydrogen (secondary N) is 2. The van der Waals surface area contributed by atoms with E-state index in [2.05, 4.69) is 46.6 Å². The van der Waals surface area contributed by atoms with Crippen LogP contribution >= 0.6 is 0 Å². The zero-order valence-electron chi connectivity index (χ0n) is 14.0. The Labute approximate surface area is 137 Å². The van der Waals surface area contributed by atoms with Crippen LogP contribution in [0, 0.1) is 0 Å². The molecular formula is C17H25N5O. The number of methoxy groups -OCH3 is 1. The number of nitrogens with two attached hydrogens (primary N) is 1. The summed E-state index contributed by atoms with van der Waals surface area (Å²) >= 11 is 0. The van der Waals surface area contributed by atoms with Crippen LogP contribution in [-0.2, 0) is 4.74 Å². The smallest absolute Gasteiger partial charge is 0.159 e. The van der Waals surface area contributed by atoms with Crippen LogP contribution in [0.4, 0.5) is 23.0 Å². The number of anilines is 4. The van der Waals surface area contributed by atoms with Crippen LogP contribution in [0.5, 0.6) is 0 Å². The minimum atomic E-state index is 0.510. The highest BCUT2D eigenvalue weighted by Crippen LogP contribution is 2.26. The molecular weight excluding hydrogens is 290 g/mol. The van der Waals surface area contributed by atoms with Crippen molar-refractivity contribution in [2.24, 2.45) is 0 Å². The van der Waals surface area contributed by atoms with Crippen molar-refractivity contribution in [3.63, 3.8) is 0 Å². The first-order valence-electron chi connectivity index (χ1n) is 7.82. The van der Waals surface area contributed by atoms with Crippen molar-refractivity contribution in [1.29, 1.82) is 0 Å². The van der Waals surface area contributed by atoms with E-state index in [4.69, 9.17) is 10.5 Å². The number of hydrogen-bond donors (Lipinski definition) is 3. The van der Waals surface area contributed by atoms with Crippen molar-refractivity contribution in [3.05, 3.63) is 36.2 Å². The van der Waals surface area contributed by atoms with Crippen LogP contribution < -0.4 is 16.4 Å². The number of aromatic nitrogens is 2. The van der Waals surface area contributed by atoms with E-state index in [0.29, 0.717) is 29.8 Å². The first-order chi connectivity index (χ1) is 11.1. The molecule has 1 aromatic carbocycles. The van der Waals surface area contributed by atoms with Crippen LogP contribution in [0.25, 0.3) is 0 Å². The lowest BCUT2D eigenvalue weighted by Gasteiger charge is -2.13. The highest BCUT2D eigenvalue weighted by Gasteiger charge is 2.08. The molecule has 0 spiro atoms. The predicted molar refractivity (Wildman–Crippen MR) is 95.2 cm³/mol. The van der Waals surface area contributed by atoms with Crippen molar-refractivity contribution in [3.8, 4) is 0 Å². The first kappa shape index (κ1) is 17.0. The van der Waals surface area contributed by atoms with Crippen LogP contribution in [0.15, 0.2) is 30.6 Å². The largest absolute Gasteiger partial charge is 0.393 e. The minimum absolute atomic E-state index is 0.510. The van der Waals surface area contributed by atoms with Gasteiger partial charge in [-0.15, -0.1) is 0 Å². The molecule has 2 rings (SSSR count). The molecule has 0 saturated heterocycles.